The van der Waals surface area contributed by atoms with Crippen LogP contribution in [0.4, 0.5) is 0 Å². The summed E-state index contributed by atoms with van der Waals surface area (Å²) in [7, 11) is 1.85. The van der Waals surface area contributed by atoms with Crippen molar-refractivity contribution in [3.05, 3.63) is 47.0 Å². The molecule has 6 nitrogen and oxygen atoms in total. The van der Waals surface area contributed by atoms with Gasteiger partial charge in [-0.2, -0.15) is 0 Å². The number of rotatable bonds is 3. The van der Waals surface area contributed by atoms with Crippen molar-refractivity contribution in [3.63, 3.8) is 0 Å². The Balaban J connectivity index is 1.64. The van der Waals surface area contributed by atoms with E-state index in [1.165, 1.54) is 12.1 Å². The van der Waals surface area contributed by atoms with Crippen LogP contribution in [0, 0.1) is 5.92 Å². The van der Waals surface area contributed by atoms with Crippen molar-refractivity contribution < 1.29 is 15.0 Å². The number of aliphatic hydroxyl groups is 1. The molecule has 1 fully saturated rings. The molecule has 24 heavy (non-hydrogen) atoms. The third kappa shape index (κ3) is 3.25. The quantitative estimate of drug-likeness (QED) is 0.891. The molecule has 1 aliphatic rings. The molecule has 1 aromatic carbocycles. The summed E-state index contributed by atoms with van der Waals surface area (Å²) in [4.78, 5) is 18.4. The van der Waals surface area contributed by atoms with Crippen LogP contribution in [0.25, 0.3) is 0 Å². The molecule has 0 spiro atoms. The lowest BCUT2D eigenvalue weighted by Gasteiger charge is -2.34. The Morgan fingerprint density at radius 2 is 2.08 bits per heavy atom. The zero-order valence-corrected chi connectivity index (χ0v) is 14.1. The average molecular weight is 350 g/mol. The second-order valence-corrected chi connectivity index (χ2v) is 6.57. The van der Waals surface area contributed by atoms with Gasteiger partial charge in [-0.05, 0) is 37.0 Å². The number of benzene rings is 1. The summed E-state index contributed by atoms with van der Waals surface area (Å²) in [5.74, 6) is 0.390. The summed E-state index contributed by atoms with van der Waals surface area (Å²) in [6, 6.07) is 4.49. The topological polar surface area (TPSA) is 78.6 Å². The fourth-order valence-corrected chi connectivity index (χ4v) is 3.31. The average Bonchev–Trinajstić information content (AvgIpc) is 3.00. The largest absolute Gasteiger partial charge is 0.507 e. The highest BCUT2D eigenvalue weighted by Crippen LogP contribution is 2.31. The molecule has 128 valence electrons. The van der Waals surface area contributed by atoms with Gasteiger partial charge in [-0.1, -0.05) is 11.6 Å². The number of phenols is 1. The summed E-state index contributed by atoms with van der Waals surface area (Å²) in [5, 5.41) is 20.8. The lowest BCUT2D eigenvalue weighted by Crippen LogP contribution is -2.40. The van der Waals surface area contributed by atoms with Crippen LogP contribution in [0.1, 0.15) is 35.1 Å². The maximum Gasteiger partial charge on any atom is 0.257 e. The van der Waals surface area contributed by atoms with Crippen LogP contribution >= 0.6 is 11.6 Å². The number of aliphatic hydroxyl groups excluding tert-OH is 1. The van der Waals surface area contributed by atoms with Crippen LogP contribution in [0.5, 0.6) is 5.75 Å². The first-order chi connectivity index (χ1) is 11.5. The Kier molecular flexibility index (Phi) is 4.78. The molecule has 0 bridgehead atoms. The van der Waals surface area contributed by atoms with Crippen molar-refractivity contribution >= 4 is 17.5 Å². The van der Waals surface area contributed by atoms with Crippen LogP contribution < -0.4 is 0 Å². The van der Waals surface area contributed by atoms with Gasteiger partial charge in [0, 0.05) is 37.6 Å². The van der Waals surface area contributed by atoms with E-state index in [1.54, 1.807) is 23.4 Å². The van der Waals surface area contributed by atoms with Gasteiger partial charge in [-0.3, -0.25) is 4.79 Å². The van der Waals surface area contributed by atoms with Crippen molar-refractivity contribution in [3.8, 4) is 5.75 Å². The SMILES string of the molecule is Cn1ccnc1C(O)C1CCN(C(=O)c2ccc(Cl)cc2O)CC1. The number of hydrogen-bond acceptors (Lipinski definition) is 4. The number of halogens is 1. The molecule has 0 saturated carbocycles. The zero-order valence-electron chi connectivity index (χ0n) is 13.4. The highest BCUT2D eigenvalue weighted by molar-refractivity contribution is 6.30. The van der Waals surface area contributed by atoms with E-state index in [1.807, 2.05) is 11.6 Å². The Hall–Kier alpha value is -2.05. The molecule has 2 heterocycles. The van der Waals surface area contributed by atoms with Crippen molar-refractivity contribution in [1.29, 1.82) is 0 Å². The summed E-state index contributed by atoms with van der Waals surface area (Å²) in [5.41, 5.74) is 0.252. The van der Waals surface area contributed by atoms with E-state index >= 15 is 0 Å². The van der Waals surface area contributed by atoms with E-state index in [2.05, 4.69) is 4.98 Å². The van der Waals surface area contributed by atoms with Gasteiger partial charge in [-0.15, -0.1) is 0 Å². The second-order valence-electron chi connectivity index (χ2n) is 6.13. The first kappa shape index (κ1) is 16.8. The highest BCUT2D eigenvalue weighted by Gasteiger charge is 2.31. The number of phenolic OH excluding ortho intramolecular Hbond substituents is 1. The predicted molar refractivity (Wildman–Crippen MR) is 89.9 cm³/mol. The van der Waals surface area contributed by atoms with Crippen molar-refractivity contribution in [2.75, 3.05) is 13.1 Å². The number of amides is 1. The number of nitrogens with zero attached hydrogens (tertiary/aromatic N) is 3. The Bertz CT molecular complexity index is 738. The summed E-state index contributed by atoms with van der Waals surface area (Å²) in [6.45, 7) is 1.07. The van der Waals surface area contributed by atoms with Crippen molar-refractivity contribution in [2.45, 2.75) is 18.9 Å². The first-order valence-corrected chi connectivity index (χ1v) is 8.28. The van der Waals surface area contributed by atoms with Gasteiger partial charge in [0.05, 0.1) is 5.56 Å². The lowest BCUT2D eigenvalue weighted by atomic mass is 9.90. The molecule has 0 radical (unpaired) electrons. The summed E-state index contributed by atoms with van der Waals surface area (Å²) in [6.07, 6.45) is 4.22. The fourth-order valence-electron chi connectivity index (χ4n) is 3.15. The minimum atomic E-state index is -0.633. The van der Waals surface area contributed by atoms with Gasteiger partial charge < -0.3 is 19.7 Å². The Labute approximate surface area is 145 Å². The molecule has 2 aromatic rings. The molecule has 1 amide bonds. The van der Waals surface area contributed by atoms with Gasteiger partial charge in [0.25, 0.3) is 5.91 Å². The van der Waals surface area contributed by atoms with Crippen LogP contribution in [0.2, 0.25) is 5.02 Å². The van der Waals surface area contributed by atoms with E-state index in [-0.39, 0.29) is 23.1 Å². The molecule has 1 atom stereocenters. The number of aryl methyl sites for hydroxylation is 1. The van der Waals surface area contributed by atoms with E-state index in [0.717, 1.165) is 0 Å². The van der Waals surface area contributed by atoms with E-state index in [9.17, 15) is 15.0 Å². The highest BCUT2D eigenvalue weighted by atomic mass is 35.5. The van der Waals surface area contributed by atoms with Crippen LogP contribution in [0.3, 0.4) is 0 Å². The monoisotopic (exact) mass is 349 g/mol. The zero-order chi connectivity index (χ0) is 17.3. The molecule has 2 N–H and O–H groups in total. The van der Waals surface area contributed by atoms with Crippen LogP contribution in [-0.4, -0.2) is 43.7 Å². The van der Waals surface area contributed by atoms with Crippen molar-refractivity contribution in [2.24, 2.45) is 13.0 Å². The van der Waals surface area contributed by atoms with E-state index < -0.39 is 6.10 Å². The maximum atomic E-state index is 12.5. The number of carbonyl (C=O) groups is 1. The molecule has 1 aliphatic heterocycles. The van der Waals surface area contributed by atoms with Crippen LogP contribution in [0.15, 0.2) is 30.6 Å². The van der Waals surface area contributed by atoms with Gasteiger partial charge in [0.1, 0.15) is 17.7 Å². The third-order valence-corrected chi connectivity index (χ3v) is 4.82. The molecule has 0 aliphatic carbocycles. The summed E-state index contributed by atoms with van der Waals surface area (Å²) < 4.78 is 1.81. The Morgan fingerprint density at radius 1 is 1.38 bits per heavy atom. The molecule has 1 saturated heterocycles. The number of piperidine rings is 1. The van der Waals surface area contributed by atoms with E-state index in [4.69, 9.17) is 11.6 Å². The molecule has 3 rings (SSSR count). The van der Waals surface area contributed by atoms with Crippen molar-refractivity contribution in [1.82, 2.24) is 14.5 Å². The second kappa shape index (κ2) is 6.83. The number of hydrogen-bond donors (Lipinski definition) is 2. The smallest absolute Gasteiger partial charge is 0.257 e. The van der Waals surface area contributed by atoms with Gasteiger partial charge in [0.2, 0.25) is 0 Å². The van der Waals surface area contributed by atoms with Gasteiger partial charge >= 0.3 is 0 Å². The normalized spacial score (nSPS) is 17.0. The number of carbonyl (C=O) groups excluding carboxylic acids is 1. The Morgan fingerprint density at radius 3 is 2.67 bits per heavy atom. The fraction of sp³-hybridized carbons (Fsp3) is 0.412. The summed E-state index contributed by atoms with van der Waals surface area (Å²) >= 11 is 5.80. The van der Waals surface area contributed by atoms with Crippen LogP contribution in [-0.2, 0) is 7.05 Å². The third-order valence-electron chi connectivity index (χ3n) is 4.59. The minimum Gasteiger partial charge on any atom is -0.507 e. The molecular formula is C17H20ClN3O3. The first-order valence-electron chi connectivity index (χ1n) is 7.90. The molecule has 1 aromatic heterocycles. The maximum absolute atomic E-state index is 12.5. The molecule has 1 unspecified atom stereocenters. The van der Waals surface area contributed by atoms with E-state index in [0.29, 0.717) is 36.8 Å². The standard InChI is InChI=1S/C17H20ClN3O3/c1-20-9-6-19-16(20)15(23)11-4-7-21(8-5-11)17(24)13-3-2-12(18)10-14(13)22/h2-3,6,9-11,15,22-23H,4-5,7-8H2,1H3. The minimum absolute atomic E-state index is 0.0639. The predicted octanol–water partition coefficient (Wildman–Crippen LogP) is 2.36. The lowest BCUT2D eigenvalue weighted by molar-refractivity contribution is 0.0418. The number of imidazole rings is 1. The molecule has 7 heteroatoms. The number of likely N-dealkylation sites (tertiary alicyclic amines) is 1. The van der Waals surface area contributed by atoms with Gasteiger partial charge in [-0.25, -0.2) is 4.98 Å². The number of aromatic nitrogens is 2. The number of aromatic hydroxyl groups is 1. The van der Waals surface area contributed by atoms with Gasteiger partial charge in [0.15, 0.2) is 0 Å². The molecular weight excluding hydrogens is 330 g/mol.